The second-order valence-corrected chi connectivity index (χ2v) is 11.2. The summed E-state index contributed by atoms with van der Waals surface area (Å²) in [6.07, 6.45) is 5.40. The Morgan fingerprint density at radius 2 is 1.19 bits per heavy atom. The van der Waals surface area contributed by atoms with Crippen molar-refractivity contribution in [3.8, 4) is 0 Å². The van der Waals surface area contributed by atoms with Crippen molar-refractivity contribution in [3.63, 3.8) is 0 Å². The second-order valence-electron chi connectivity index (χ2n) is 8.39. The maximum absolute atomic E-state index is 5.09. The van der Waals surface area contributed by atoms with Gasteiger partial charge in [0.15, 0.2) is 0 Å². The molecular formula is C26H38N2OS3. The van der Waals surface area contributed by atoms with E-state index in [4.69, 9.17) is 4.42 Å². The Balaban J connectivity index is 0.000000213. The predicted octanol–water partition coefficient (Wildman–Crippen LogP) is 9.81. The topological polar surface area (TPSA) is 38.9 Å². The third-order valence-electron chi connectivity index (χ3n) is 4.12. The molecule has 0 radical (unpaired) electrons. The van der Waals surface area contributed by atoms with Crippen molar-refractivity contribution < 1.29 is 4.42 Å². The lowest BCUT2D eigenvalue weighted by molar-refractivity contribution is 0.487. The zero-order chi connectivity index (χ0) is 23.9. The largest absolute Gasteiger partial charge is 0.469 e. The van der Waals surface area contributed by atoms with E-state index in [0.29, 0.717) is 23.7 Å². The van der Waals surface area contributed by atoms with E-state index in [2.05, 4.69) is 82.9 Å². The third-order valence-corrected chi connectivity index (χ3v) is 7.44. The fourth-order valence-corrected chi connectivity index (χ4v) is 4.33. The highest BCUT2D eigenvalue weighted by molar-refractivity contribution is 7.10. The first-order valence-electron chi connectivity index (χ1n) is 11.1. The summed E-state index contributed by atoms with van der Waals surface area (Å²) in [5.41, 5.74) is 0. The highest BCUT2D eigenvalue weighted by atomic mass is 32.1. The molecule has 0 unspecified atom stereocenters. The molecule has 0 aliphatic rings. The zero-order valence-electron chi connectivity index (χ0n) is 20.6. The summed E-state index contributed by atoms with van der Waals surface area (Å²) >= 11 is 5.27. The summed E-state index contributed by atoms with van der Waals surface area (Å²) in [5, 5.41) is 8.59. The minimum Gasteiger partial charge on any atom is -0.469 e. The monoisotopic (exact) mass is 490 g/mol. The van der Waals surface area contributed by atoms with Crippen LogP contribution in [0.4, 0.5) is 0 Å². The number of hydrogen-bond acceptors (Lipinski definition) is 6. The molecule has 4 rings (SSSR count). The van der Waals surface area contributed by atoms with E-state index in [1.807, 2.05) is 46.6 Å². The smallest absolute Gasteiger partial charge is 0.106 e. The summed E-state index contributed by atoms with van der Waals surface area (Å²) < 4.78 is 5.09. The van der Waals surface area contributed by atoms with Gasteiger partial charge < -0.3 is 4.42 Å². The summed E-state index contributed by atoms with van der Waals surface area (Å²) in [4.78, 5) is 9.75. The number of nitrogens with zero attached hydrogens (tertiary/aromatic N) is 2. The lowest BCUT2D eigenvalue weighted by atomic mass is 10.2. The molecule has 0 aromatic carbocycles. The number of thiazole rings is 2. The molecule has 6 heteroatoms. The van der Waals surface area contributed by atoms with Crippen LogP contribution in [-0.4, -0.2) is 9.97 Å². The lowest BCUT2D eigenvalue weighted by Crippen LogP contribution is -1.81. The van der Waals surface area contributed by atoms with E-state index in [1.54, 1.807) is 28.9 Å². The van der Waals surface area contributed by atoms with E-state index in [9.17, 15) is 0 Å². The van der Waals surface area contributed by atoms with Crippen LogP contribution >= 0.6 is 34.0 Å². The molecule has 4 heterocycles. The summed E-state index contributed by atoms with van der Waals surface area (Å²) in [6.45, 7) is 17.3. The van der Waals surface area contributed by atoms with Gasteiger partial charge in [0.05, 0.1) is 16.3 Å². The number of aromatic nitrogens is 2. The van der Waals surface area contributed by atoms with Gasteiger partial charge in [-0.05, 0) is 29.5 Å². The first-order chi connectivity index (χ1) is 15.2. The summed E-state index contributed by atoms with van der Waals surface area (Å²) in [5.74, 6) is 3.47. The fraction of sp³-hybridized carbons (Fsp3) is 0.462. The average molecular weight is 491 g/mol. The van der Waals surface area contributed by atoms with Crippen LogP contribution in [0, 0.1) is 0 Å². The van der Waals surface area contributed by atoms with Gasteiger partial charge in [-0.2, -0.15) is 0 Å². The Bertz CT molecular complexity index is 724. The molecule has 0 atom stereocenters. The van der Waals surface area contributed by atoms with Crippen LogP contribution in [0.15, 0.2) is 63.5 Å². The molecule has 0 saturated carbocycles. The Morgan fingerprint density at radius 1 is 0.625 bits per heavy atom. The number of rotatable bonds is 4. The van der Waals surface area contributed by atoms with Crippen LogP contribution in [0.2, 0.25) is 0 Å². The van der Waals surface area contributed by atoms with Gasteiger partial charge in [0.1, 0.15) is 5.76 Å². The van der Waals surface area contributed by atoms with E-state index >= 15 is 0 Å². The van der Waals surface area contributed by atoms with Crippen molar-refractivity contribution in [2.24, 2.45) is 0 Å². The van der Waals surface area contributed by atoms with Gasteiger partial charge in [-0.1, -0.05) is 61.5 Å². The third kappa shape index (κ3) is 11.7. The first kappa shape index (κ1) is 28.3. The van der Waals surface area contributed by atoms with Gasteiger partial charge in [0.25, 0.3) is 0 Å². The molecule has 0 aliphatic heterocycles. The zero-order valence-corrected chi connectivity index (χ0v) is 23.1. The molecule has 3 nitrogen and oxygen atoms in total. The van der Waals surface area contributed by atoms with E-state index in [1.165, 1.54) is 14.9 Å². The standard InChI is InChI=1S/C7H10O.C7H10S.2C6H9NS/c2*1-6(2)7-4-3-5-8-7;2*1-5(2)6-7-3-4-8-6/h2*3-6H,1-2H3;2*3-5H,1-2H3. The van der Waals surface area contributed by atoms with Crippen molar-refractivity contribution in [1.82, 2.24) is 9.97 Å². The summed E-state index contributed by atoms with van der Waals surface area (Å²) in [6, 6.07) is 8.18. The predicted molar refractivity (Wildman–Crippen MR) is 144 cm³/mol. The summed E-state index contributed by atoms with van der Waals surface area (Å²) in [7, 11) is 0. The van der Waals surface area contributed by atoms with Crippen molar-refractivity contribution in [2.45, 2.75) is 79.1 Å². The molecule has 0 N–H and O–H groups in total. The fourth-order valence-electron chi connectivity index (χ4n) is 2.28. The van der Waals surface area contributed by atoms with Crippen molar-refractivity contribution in [3.05, 3.63) is 79.7 Å². The highest BCUT2D eigenvalue weighted by Crippen LogP contribution is 2.19. The van der Waals surface area contributed by atoms with Crippen LogP contribution in [-0.2, 0) is 0 Å². The van der Waals surface area contributed by atoms with Gasteiger partial charge in [0, 0.05) is 45.8 Å². The van der Waals surface area contributed by atoms with Gasteiger partial charge in [0.2, 0.25) is 0 Å². The minimum atomic E-state index is 0.519. The molecule has 0 spiro atoms. The lowest BCUT2D eigenvalue weighted by Gasteiger charge is -1.95. The first-order valence-corrected chi connectivity index (χ1v) is 13.7. The molecule has 4 aromatic rings. The van der Waals surface area contributed by atoms with E-state index < -0.39 is 0 Å². The van der Waals surface area contributed by atoms with E-state index in [-0.39, 0.29) is 0 Å². The Hall–Kier alpha value is -1.76. The Kier molecular flexibility index (Phi) is 14.1. The molecule has 32 heavy (non-hydrogen) atoms. The van der Waals surface area contributed by atoms with Gasteiger partial charge in [-0.3, -0.25) is 0 Å². The molecule has 0 fully saturated rings. The Morgan fingerprint density at radius 3 is 1.38 bits per heavy atom. The molecule has 0 saturated heterocycles. The average Bonchev–Trinajstić information content (AvgIpc) is 3.56. The minimum absolute atomic E-state index is 0.519. The second kappa shape index (κ2) is 15.9. The number of thiophene rings is 1. The molecule has 0 amide bonds. The molecule has 0 aliphatic carbocycles. The maximum Gasteiger partial charge on any atom is 0.106 e. The van der Waals surface area contributed by atoms with Crippen molar-refractivity contribution in [2.75, 3.05) is 0 Å². The van der Waals surface area contributed by atoms with Crippen LogP contribution in [0.5, 0.6) is 0 Å². The quantitative estimate of drug-likeness (QED) is 0.286. The highest BCUT2D eigenvalue weighted by Gasteiger charge is 1.99. The molecular weight excluding hydrogens is 453 g/mol. The van der Waals surface area contributed by atoms with Crippen LogP contribution in [0.1, 0.15) is 99.7 Å². The number of hydrogen-bond donors (Lipinski definition) is 0. The molecule has 0 bridgehead atoms. The SMILES string of the molecule is CC(C)c1ccco1.CC(C)c1cccs1.CC(C)c1nccs1.CC(C)c1nccs1. The normalized spacial score (nSPS) is 10.4. The van der Waals surface area contributed by atoms with Crippen LogP contribution in [0.25, 0.3) is 0 Å². The van der Waals surface area contributed by atoms with Crippen LogP contribution in [0.3, 0.4) is 0 Å². The van der Waals surface area contributed by atoms with Crippen LogP contribution < -0.4 is 0 Å². The number of furan rings is 1. The van der Waals surface area contributed by atoms with Gasteiger partial charge in [-0.15, -0.1) is 34.0 Å². The van der Waals surface area contributed by atoms with Crippen molar-refractivity contribution in [1.29, 1.82) is 0 Å². The Labute approximate surface area is 206 Å². The maximum atomic E-state index is 5.09. The molecule has 4 aromatic heterocycles. The van der Waals surface area contributed by atoms with Crippen molar-refractivity contribution >= 4 is 34.0 Å². The van der Waals surface area contributed by atoms with Gasteiger partial charge in [-0.25, -0.2) is 9.97 Å². The van der Waals surface area contributed by atoms with Gasteiger partial charge >= 0.3 is 0 Å². The molecule has 176 valence electrons. The van der Waals surface area contributed by atoms with E-state index in [0.717, 1.165) is 5.76 Å².